The molecule has 7 rings (SSSR count). The van der Waals surface area contributed by atoms with E-state index in [-0.39, 0.29) is 25.7 Å². The Morgan fingerprint density at radius 2 is 1.70 bits per heavy atom. The number of rotatable bonds is 5. The van der Waals surface area contributed by atoms with Gasteiger partial charge in [0.25, 0.3) is 0 Å². The number of fused-ring (bicyclic) bond motifs is 2. The van der Waals surface area contributed by atoms with Crippen LogP contribution in [0.15, 0.2) is 103 Å². The molecule has 0 bridgehead atoms. The van der Waals surface area contributed by atoms with E-state index in [1.165, 1.54) is 38.7 Å². The maximum Gasteiger partial charge on any atom is 0.0774 e. The zero-order valence-corrected chi connectivity index (χ0v) is 28.4. The Labute approximate surface area is 282 Å². The van der Waals surface area contributed by atoms with Crippen molar-refractivity contribution in [1.29, 1.82) is 0 Å². The van der Waals surface area contributed by atoms with E-state index in [1.54, 1.807) is 29.5 Å². The van der Waals surface area contributed by atoms with Crippen LogP contribution in [0, 0.1) is 38.1 Å². The topological polar surface area (TPSA) is 30.7 Å². The van der Waals surface area contributed by atoms with E-state index in [2.05, 4.69) is 109 Å². The number of benzene rings is 4. The van der Waals surface area contributed by atoms with Gasteiger partial charge in [-0.25, -0.2) is 0 Å². The molecular formula is C39H35IrN3S-2. The van der Waals surface area contributed by atoms with Gasteiger partial charge in [0.05, 0.1) is 16.9 Å². The number of pyridine rings is 1. The number of imidazole rings is 1. The van der Waals surface area contributed by atoms with E-state index >= 15 is 0 Å². The first-order valence-electron chi connectivity index (χ1n) is 16.0. The van der Waals surface area contributed by atoms with Crippen molar-refractivity contribution in [2.45, 2.75) is 41.0 Å². The van der Waals surface area contributed by atoms with Gasteiger partial charge in [-0.1, -0.05) is 89.7 Å². The Morgan fingerprint density at radius 3 is 2.41 bits per heavy atom. The van der Waals surface area contributed by atoms with E-state index in [0.29, 0.717) is 5.92 Å². The van der Waals surface area contributed by atoms with Gasteiger partial charge < -0.3 is 9.55 Å². The molecule has 0 atom stereocenters. The second-order valence-corrected chi connectivity index (χ2v) is 12.1. The van der Waals surface area contributed by atoms with Crippen molar-refractivity contribution in [3.63, 3.8) is 0 Å². The summed E-state index contributed by atoms with van der Waals surface area (Å²) < 4.78 is 25.3. The number of nitrogens with zero attached hydrogens (tertiary/aromatic N) is 3. The van der Waals surface area contributed by atoms with Gasteiger partial charge in [0.2, 0.25) is 0 Å². The molecule has 0 N–H and O–H groups in total. The molecular weight excluding hydrogens is 735 g/mol. The molecule has 0 spiro atoms. The zero-order chi connectivity index (χ0) is 32.4. The molecule has 3 nitrogen and oxygen atoms in total. The molecule has 0 unspecified atom stereocenters. The number of thiophene rings is 1. The number of para-hydroxylation sites is 3. The van der Waals surface area contributed by atoms with Crippen LogP contribution in [0.5, 0.6) is 0 Å². The molecule has 44 heavy (non-hydrogen) atoms. The van der Waals surface area contributed by atoms with E-state index in [1.807, 2.05) is 18.2 Å². The summed E-state index contributed by atoms with van der Waals surface area (Å²) in [6.45, 7) is 6.79. The first-order valence-corrected chi connectivity index (χ1v) is 15.3. The number of hydrogen-bond acceptors (Lipinski definition) is 3. The van der Waals surface area contributed by atoms with Crippen molar-refractivity contribution in [1.82, 2.24) is 14.5 Å². The summed E-state index contributed by atoms with van der Waals surface area (Å²) in [5.41, 5.74) is 10.2. The van der Waals surface area contributed by atoms with Gasteiger partial charge in [-0.3, -0.25) is 16.3 Å². The molecule has 0 fully saturated rings. The quantitative estimate of drug-likeness (QED) is 0.163. The van der Waals surface area contributed by atoms with Crippen LogP contribution in [0.25, 0.3) is 49.5 Å². The maximum absolute atomic E-state index is 7.23. The van der Waals surface area contributed by atoms with Gasteiger partial charge in [-0.15, -0.1) is 47.3 Å². The first-order chi connectivity index (χ1) is 22.1. The molecule has 1 radical (unpaired) electrons. The maximum atomic E-state index is 7.23. The molecule has 3 heterocycles. The summed E-state index contributed by atoms with van der Waals surface area (Å²) in [4.78, 5) is 9.20. The molecule has 0 saturated heterocycles. The molecule has 0 amide bonds. The van der Waals surface area contributed by atoms with Crippen molar-refractivity contribution in [2.75, 3.05) is 0 Å². The smallest absolute Gasteiger partial charge is 0.0774 e. The molecule has 0 aliphatic carbocycles. The SMILES string of the molecule is Cc1cccc(C)c1-n1c(-c2[c-]sc3cc(CC(C)C)ccc23)nc2ccccc21.[2H]C([2H])([2H])c1ccc(-c2[c-]cccc2)nc1.[Ir]. The van der Waals surface area contributed by atoms with Crippen molar-refractivity contribution in [3.8, 4) is 28.3 Å². The largest absolute Gasteiger partial charge is 0.333 e. The normalized spacial score (nSPS) is 12.2. The molecule has 0 aliphatic rings. The van der Waals surface area contributed by atoms with Crippen molar-refractivity contribution >= 4 is 32.5 Å². The van der Waals surface area contributed by atoms with Crippen LogP contribution in [-0.2, 0) is 26.5 Å². The van der Waals surface area contributed by atoms with Crippen LogP contribution in [0.2, 0.25) is 0 Å². The number of aryl methyl sites for hydroxylation is 3. The summed E-state index contributed by atoms with van der Waals surface area (Å²) in [6, 6.07) is 35.5. The molecule has 0 saturated carbocycles. The van der Waals surface area contributed by atoms with Gasteiger partial charge >= 0.3 is 0 Å². The van der Waals surface area contributed by atoms with Gasteiger partial charge in [0.1, 0.15) is 0 Å². The summed E-state index contributed by atoms with van der Waals surface area (Å²) >= 11 is 1.69. The van der Waals surface area contributed by atoms with Crippen molar-refractivity contribution in [3.05, 3.63) is 137 Å². The fourth-order valence-electron chi connectivity index (χ4n) is 5.47. The molecule has 3 aromatic heterocycles. The second-order valence-electron chi connectivity index (χ2n) is 11.2. The zero-order valence-electron chi connectivity index (χ0n) is 28.2. The summed E-state index contributed by atoms with van der Waals surface area (Å²) in [5, 5.41) is 4.81. The van der Waals surface area contributed by atoms with Gasteiger partial charge in [0, 0.05) is 36.1 Å². The minimum Gasteiger partial charge on any atom is -0.333 e. The van der Waals surface area contributed by atoms with E-state index < -0.39 is 6.85 Å². The summed E-state index contributed by atoms with van der Waals surface area (Å²) in [5.74, 6) is 1.62. The predicted molar refractivity (Wildman–Crippen MR) is 182 cm³/mol. The Kier molecular flexibility index (Phi) is 8.68. The van der Waals surface area contributed by atoms with Gasteiger partial charge in [-0.2, -0.15) is 0 Å². The van der Waals surface area contributed by atoms with E-state index in [4.69, 9.17) is 9.10 Å². The Balaban J connectivity index is 0.000000217. The number of hydrogen-bond donors (Lipinski definition) is 0. The van der Waals surface area contributed by atoms with Crippen LogP contribution in [-0.4, -0.2) is 14.5 Å². The average Bonchev–Trinajstić information content (AvgIpc) is 3.62. The standard InChI is InChI=1S/C27H25N2S.C12H10N.Ir/c1-17(2)14-20-12-13-21-22(16-30-25(21)15-20)27-28-23-10-5-6-11-24(23)29(27)26-18(3)8-7-9-19(26)4;1-10-7-8-12(13-9-10)11-5-3-2-4-6-11;/h5-13,15,17H,14H2,1-4H3;2-5,7-9H,1H3;/q2*-1;/i;1D3;. The second kappa shape index (κ2) is 13.8. The summed E-state index contributed by atoms with van der Waals surface area (Å²) in [6.07, 6.45) is 2.49. The third kappa shape index (κ3) is 6.61. The summed E-state index contributed by atoms with van der Waals surface area (Å²) in [7, 11) is 0. The third-order valence-corrected chi connectivity index (χ3v) is 8.28. The Morgan fingerprint density at radius 1 is 0.909 bits per heavy atom. The number of aromatic nitrogens is 3. The molecule has 223 valence electrons. The molecule has 7 aromatic rings. The Bertz CT molecular complexity index is 2090. The molecule has 5 heteroatoms. The molecule has 4 aromatic carbocycles. The predicted octanol–water partition coefficient (Wildman–Crippen LogP) is 10.4. The van der Waals surface area contributed by atoms with Gasteiger partial charge in [-0.05, 0) is 67.6 Å². The van der Waals surface area contributed by atoms with Crippen LogP contribution >= 0.6 is 11.3 Å². The monoisotopic (exact) mass is 773 g/mol. The minimum absolute atomic E-state index is 0. The fourth-order valence-corrected chi connectivity index (χ4v) is 6.37. The third-order valence-electron chi connectivity index (χ3n) is 7.42. The van der Waals surface area contributed by atoms with Crippen molar-refractivity contribution < 1.29 is 24.2 Å². The van der Waals surface area contributed by atoms with E-state index in [0.717, 1.165) is 40.1 Å². The van der Waals surface area contributed by atoms with Gasteiger partial charge in [0.15, 0.2) is 0 Å². The Hall–Kier alpha value is -3.89. The fraction of sp³-hybridized carbons (Fsp3) is 0.179. The molecule has 0 aliphatic heterocycles. The van der Waals surface area contributed by atoms with E-state index in [9.17, 15) is 0 Å². The van der Waals surface area contributed by atoms with Crippen LogP contribution in [0.1, 0.15) is 40.2 Å². The minimum atomic E-state index is -2.09. The average molecular weight is 773 g/mol. The van der Waals surface area contributed by atoms with Crippen LogP contribution < -0.4 is 0 Å². The van der Waals surface area contributed by atoms with Crippen LogP contribution in [0.4, 0.5) is 0 Å². The first kappa shape index (κ1) is 27.6. The van der Waals surface area contributed by atoms with Crippen LogP contribution in [0.3, 0.4) is 0 Å². The van der Waals surface area contributed by atoms with Crippen molar-refractivity contribution in [2.24, 2.45) is 5.92 Å².